The molecule has 0 aliphatic carbocycles. The van der Waals surface area contributed by atoms with Gasteiger partial charge < -0.3 is 0 Å². The molecule has 0 aromatic heterocycles. The van der Waals surface area contributed by atoms with Gasteiger partial charge in [0, 0.05) is 0 Å². The van der Waals surface area contributed by atoms with Crippen LogP contribution in [0.4, 0.5) is 4.39 Å². The maximum atomic E-state index is 11.2. The topological polar surface area (TPSA) is 12.0 Å². The molecule has 1 atom stereocenters. The van der Waals surface area contributed by atoms with E-state index in [2.05, 4.69) is 12.2 Å². The van der Waals surface area contributed by atoms with Crippen molar-refractivity contribution in [3.05, 3.63) is 6.92 Å². The Morgan fingerprint density at radius 2 is 2.20 bits per heavy atom. The van der Waals surface area contributed by atoms with Gasteiger partial charge in [-0.05, 0) is 14.0 Å². The Morgan fingerprint density at radius 1 is 2.00 bits per heavy atom. The van der Waals surface area contributed by atoms with E-state index in [1.54, 1.807) is 0 Å². The average Bonchev–Trinajstić information content (AvgIpc) is 1.38. The molecule has 1 radical (unpaired) electrons. The molecular weight excluding hydrogens is 69.0 g/mol. The quantitative estimate of drug-likeness (QED) is 0.444. The van der Waals surface area contributed by atoms with Crippen LogP contribution in [0.5, 0.6) is 0 Å². The van der Waals surface area contributed by atoms with Crippen molar-refractivity contribution in [1.29, 1.82) is 0 Å². The molecule has 0 amide bonds. The van der Waals surface area contributed by atoms with Gasteiger partial charge in [-0.25, -0.2) is 4.39 Å². The largest absolute Gasteiger partial charge is 0.291 e. The molecule has 0 aromatic rings. The van der Waals surface area contributed by atoms with Crippen LogP contribution in [0.1, 0.15) is 0 Å². The van der Waals surface area contributed by atoms with E-state index in [0.717, 1.165) is 0 Å². The zero-order valence-electron chi connectivity index (χ0n) is 3.16. The number of hydrogen-bond donors (Lipinski definition) is 1. The first-order valence-corrected chi connectivity index (χ1v) is 1.42. The average molecular weight is 76.1 g/mol. The molecule has 5 heavy (non-hydrogen) atoms. The van der Waals surface area contributed by atoms with Gasteiger partial charge in [-0.15, -0.1) is 0 Å². The summed E-state index contributed by atoms with van der Waals surface area (Å²) in [5, 5.41) is 2.25. The van der Waals surface area contributed by atoms with E-state index in [4.69, 9.17) is 0 Å². The third-order valence-electron chi connectivity index (χ3n) is 0.313. The zero-order valence-corrected chi connectivity index (χ0v) is 3.16. The first-order chi connectivity index (χ1) is 2.27. The van der Waals surface area contributed by atoms with Gasteiger partial charge in [0.15, 0.2) is 6.30 Å². The molecule has 1 N–H and O–H groups in total. The van der Waals surface area contributed by atoms with Gasteiger partial charge in [-0.1, -0.05) is 0 Å². The van der Waals surface area contributed by atoms with Crippen molar-refractivity contribution in [3.63, 3.8) is 0 Å². The Balaban J connectivity index is 2.54. The minimum atomic E-state index is -1.12. The maximum Gasteiger partial charge on any atom is 0.151 e. The van der Waals surface area contributed by atoms with Crippen LogP contribution in [0, 0.1) is 6.92 Å². The molecule has 0 saturated carbocycles. The van der Waals surface area contributed by atoms with Crippen LogP contribution in [0.25, 0.3) is 0 Å². The second-order valence-electron chi connectivity index (χ2n) is 0.756. The van der Waals surface area contributed by atoms with E-state index in [-0.39, 0.29) is 0 Å². The van der Waals surface area contributed by atoms with Gasteiger partial charge in [0.1, 0.15) is 0 Å². The molecule has 0 rings (SSSR count). The molecule has 31 valence electrons. The van der Waals surface area contributed by atoms with Gasteiger partial charge in [0.25, 0.3) is 0 Å². The lowest BCUT2D eigenvalue weighted by Gasteiger charge is -1.90. The lowest BCUT2D eigenvalue weighted by molar-refractivity contribution is 0.352. The standard InChI is InChI=1S/C3H7FN/c1-3(4)5-2/h3,5H,1H2,2H3. The summed E-state index contributed by atoms with van der Waals surface area (Å²) in [6.45, 7) is 2.98. The van der Waals surface area contributed by atoms with Crippen LogP contribution >= 0.6 is 0 Å². The van der Waals surface area contributed by atoms with Crippen LogP contribution in [-0.2, 0) is 0 Å². The highest BCUT2D eigenvalue weighted by Gasteiger charge is 1.82. The molecular formula is C3H7FN. The summed E-state index contributed by atoms with van der Waals surface area (Å²) in [5.74, 6) is 0. The van der Waals surface area contributed by atoms with Gasteiger partial charge in [0.2, 0.25) is 0 Å². The summed E-state index contributed by atoms with van der Waals surface area (Å²) in [6.07, 6.45) is -1.12. The van der Waals surface area contributed by atoms with Crippen molar-refractivity contribution < 1.29 is 4.39 Å². The summed E-state index contributed by atoms with van der Waals surface area (Å²) < 4.78 is 11.2. The zero-order chi connectivity index (χ0) is 4.28. The van der Waals surface area contributed by atoms with Crippen molar-refractivity contribution in [3.8, 4) is 0 Å². The highest BCUT2D eigenvalue weighted by molar-refractivity contribution is 4.45. The molecule has 1 nitrogen and oxygen atoms in total. The molecule has 0 fully saturated rings. The normalized spacial score (nSPS) is 15.0. The van der Waals surface area contributed by atoms with Crippen molar-refractivity contribution in [2.24, 2.45) is 0 Å². The number of halogens is 1. The first-order valence-electron chi connectivity index (χ1n) is 1.42. The SMILES string of the molecule is [CH2]C(F)NC. The fraction of sp³-hybridized carbons (Fsp3) is 0.667. The number of rotatable bonds is 1. The maximum absolute atomic E-state index is 11.2. The Hall–Kier alpha value is -0.110. The minimum absolute atomic E-state index is 1.12. The Morgan fingerprint density at radius 3 is 2.20 bits per heavy atom. The molecule has 0 aliphatic heterocycles. The lowest BCUT2D eigenvalue weighted by Crippen LogP contribution is -2.14. The highest BCUT2D eigenvalue weighted by atomic mass is 19.1. The predicted octanol–water partition coefficient (Wildman–Crippen LogP) is 0.335. The summed E-state index contributed by atoms with van der Waals surface area (Å²) in [6, 6.07) is 0. The van der Waals surface area contributed by atoms with E-state index in [9.17, 15) is 4.39 Å². The van der Waals surface area contributed by atoms with Gasteiger partial charge in [0.05, 0.1) is 0 Å². The van der Waals surface area contributed by atoms with E-state index in [1.165, 1.54) is 7.05 Å². The second kappa shape index (κ2) is 2.15. The minimum Gasteiger partial charge on any atom is -0.291 e. The van der Waals surface area contributed by atoms with Crippen LogP contribution in [0.15, 0.2) is 0 Å². The molecule has 0 saturated heterocycles. The smallest absolute Gasteiger partial charge is 0.151 e. The molecule has 0 aliphatic rings. The molecule has 0 aromatic carbocycles. The Bertz CT molecular complexity index is 20.9. The predicted molar refractivity (Wildman–Crippen MR) is 19.3 cm³/mol. The molecule has 2 heteroatoms. The summed E-state index contributed by atoms with van der Waals surface area (Å²) in [4.78, 5) is 0. The van der Waals surface area contributed by atoms with Crippen LogP contribution in [-0.4, -0.2) is 13.3 Å². The molecule has 1 unspecified atom stereocenters. The van der Waals surface area contributed by atoms with Crippen molar-refractivity contribution >= 4 is 0 Å². The van der Waals surface area contributed by atoms with Gasteiger partial charge in [-0.3, -0.25) is 5.32 Å². The van der Waals surface area contributed by atoms with E-state index in [1.807, 2.05) is 0 Å². The highest BCUT2D eigenvalue weighted by Crippen LogP contribution is 1.71. The van der Waals surface area contributed by atoms with Gasteiger partial charge in [-0.2, -0.15) is 0 Å². The number of nitrogens with one attached hydrogen (secondary N) is 1. The van der Waals surface area contributed by atoms with Crippen molar-refractivity contribution in [2.75, 3.05) is 7.05 Å². The first kappa shape index (κ1) is 4.89. The third-order valence-corrected chi connectivity index (χ3v) is 0.313. The fourth-order valence-electron chi connectivity index (χ4n) is 0. The van der Waals surface area contributed by atoms with E-state index < -0.39 is 6.30 Å². The Labute approximate surface area is 31.2 Å². The fourth-order valence-corrected chi connectivity index (χ4v) is 0. The second-order valence-corrected chi connectivity index (χ2v) is 0.756. The van der Waals surface area contributed by atoms with Crippen molar-refractivity contribution in [1.82, 2.24) is 5.32 Å². The van der Waals surface area contributed by atoms with Crippen molar-refractivity contribution in [2.45, 2.75) is 6.30 Å². The van der Waals surface area contributed by atoms with Crippen LogP contribution in [0.3, 0.4) is 0 Å². The molecule has 0 heterocycles. The number of hydrogen-bond acceptors (Lipinski definition) is 1. The molecule has 0 bridgehead atoms. The lowest BCUT2D eigenvalue weighted by atomic mass is 10.7. The van der Waals surface area contributed by atoms with E-state index in [0.29, 0.717) is 0 Å². The van der Waals surface area contributed by atoms with Gasteiger partial charge >= 0.3 is 0 Å². The monoisotopic (exact) mass is 76.1 g/mol. The van der Waals surface area contributed by atoms with E-state index >= 15 is 0 Å². The molecule has 0 spiro atoms. The van der Waals surface area contributed by atoms with Crippen LogP contribution in [0.2, 0.25) is 0 Å². The number of alkyl halides is 1. The third kappa shape index (κ3) is 3.89. The Kier molecular flexibility index (Phi) is 2.10. The summed E-state index contributed by atoms with van der Waals surface area (Å²) in [7, 11) is 1.51. The summed E-state index contributed by atoms with van der Waals surface area (Å²) in [5.41, 5.74) is 0. The van der Waals surface area contributed by atoms with Crippen LogP contribution < -0.4 is 5.32 Å². The summed E-state index contributed by atoms with van der Waals surface area (Å²) >= 11 is 0.